The number of likely N-dealkylation sites (tertiary alicyclic amines) is 1. The van der Waals surface area contributed by atoms with Crippen LogP contribution in [0, 0.1) is 5.82 Å². The number of hydrogen-bond donors (Lipinski definition) is 0. The SMILES string of the molecule is CCc1cc(CN2CCCCCC2)cc(F)c1N1CCN(CC)CC1. The fourth-order valence-electron chi connectivity index (χ4n) is 4.27. The summed E-state index contributed by atoms with van der Waals surface area (Å²) in [5.41, 5.74) is 3.18. The lowest BCUT2D eigenvalue weighted by Gasteiger charge is -2.36. The first kappa shape index (κ1) is 18.7. The van der Waals surface area contributed by atoms with Crippen LogP contribution in [0.5, 0.6) is 0 Å². The van der Waals surface area contributed by atoms with Crippen LogP contribution in [0.4, 0.5) is 10.1 Å². The molecule has 0 bridgehead atoms. The van der Waals surface area contributed by atoms with Gasteiger partial charge < -0.3 is 9.80 Å². The van der Waals surface area contributed by atoms with E-state index < -0.39 is 0 Å². The molecular formula is C21H34FN3. The van der Waals surface area contributed by atoms with E-state index in [1.807, 2.05) is 0 Å². The molecule has 2 saturated heterocycles. The Balaban J connectivity index is 1.74. The second-order valence-electron chi connectivity index (χ2n) is 7.55. The number of aryl methyl sites for hydroxylation is 1. The minimum atomic E-state index is -0.0193. The van der Waals surface area contributed by atoms with E-state index in [0.717, 1.165) is 70.0 Å². The molecule has 0 spiro atoms. The Hall–Kier alpha value is -1.13. The third kappa shape index (κ3) is 4.73. The highest BCUT2D eigenvalue weighted by Gasteiger charge is 2.22. The average molecular weight is 348 g/mol. The van der Waals surface area contributed by atoms with Gasteiger partial charge in [-0.3, -0.25) is 4.90 Å². The molecule has 4 heteroatoms. The average Bonchev–Trinajstić information content (AvgIpc) is 2.90. The molecule has 0 radical (unpaired) electrons. The van der Waals surface area contributed by atoms with Crippen LogP contribution < -0.4 is 4.90 Å². The highest BCUT2D eigenvalue weighted by molar-refractivity contribution is 5.57. The lowest BCUT2D eigenvalue weighted by molar-refractivity contribution is 0.270. The van der Waals surface area contributed by atoms with Crippen LogP contribution in [0.15, 0.2) is 12.1 Å². The summed E-state index contributed by atoms with van der Waals surface area (Å²) in [6.07, 6.45) is 6.14. The van der Waals surface area contributed by atoms with Gasteiger partial charge in [0.25, 0.3) is 0 Å². The van der Waals surface area contributed by atoms with Crippen molar-refractivity contribution in [2.24, 2.45) is 0 Å². The highest BCUT2D eigenvalue weighted by Crippen LogP contribution is 2.29. The Bertz CT molecular complexity index is 544. The monoisotopic (exact) mass is 347 g/mol. The van der Waals surface area contributed by atoms with Gasteiger partial charge in [0.15, 0.2) is 0 Å². The second kappa shape index (κ2) is 9.00. The molecule has 2 aliphatic rings. The Labute approximate surface area is 152 Å². The third-order valence-electron chi connectivity index (χ3n) is 5.82. The Morgan fingerprint density at radius 1 is 0.840 bits per heavy atom. The fourth-order valence-corrected chi connectivity index (χ4v) is 4.27. The second-order valence-corrected chi connectivity index (χ2v) is 7.55. The van der Waals surface area contributed by atoms with Crippen molar-refractivity contribution in [3.8, 4) is 0 Å². The maximum atomic E-state index is 15.0. The van der Waals surface area contributed by atoms with E-state index in [9.17, 15) is 0 Å². The maximum Gasteiger partial charge on any atom is 0.147 e. The first-order valence-corrected chi connectivity index (χ1v) is 10.2. The number of nitrogens with zero attached hydrogens (tertiary/aromatic N) is 3. The summed E-state index contributed by atoms with van der Waals surface area (Å²) in [6.45, 7) is 12.6. The fraction of sp³-hybridized carbons (Fsp3) is 0.714. The third-order valence-corrected chi connectivity index (χ3v) is 5.82. The number of rotatable bonds is 5. The van der Waals surface area contributed by atoms with E-state index in [4.69, 9.17) is 0 Å². The normalized spacial score (nSPS) is 20.7. The molecule has 140 valence electrons. The molecule has 2 fully saturated rings. The Kier molecular flexibility index (Phi) is 6.71. The molecule has 0 aliphatic carbocycles. The topological polar surface area (TPSA) is 9.72 Å². The summed E-state index contributed by atoms with van der Waals surface area (Å²) in [5, 5.41) is 0. The van der Waals surface area contributed by atoms with Crippen LogP contribution in [-0.2, 0) is 13.0 Å². The zero-order chi connectivity index (χ0) is 17.6. The van der Waals surface area contributed by atoms with Gasteiger partial charge in [0.2, 0.25) is 0 Å². The van der Waals surface area contributed by atoms with Crippen molar-refractivity contribution in [2.75, 3.05) is 50.7 Å². The van der Waals surface area contributed by atoms with Crippen LogP contribution in [0.1, 0.15) is 50.7 Å². The van der Waals surface area contributed by atoms with E-state index in [-0.39, 0.29) is 5.82 Å². The predicted molar refractivity (Wildman–Crippen MR) is 104 cm³/mol. The highest BCUT2D eigenvalue weighted by atomic mass is 19.1. The van der Waals surface area contributed by atoms with E-state index in [0.29, 0.717) is 0 Å². The van der Waals surface area contributed by atoms with Crippen molar-refractivity contribution in [1.29, 1.82) is 0 Å². The number of halogens is 1. The Morgan fingerprint density at radius 3 is 2.12 bits per heavy atom. The molecule has 2 aliphatic heterocycles. The summed E-state index contributed by atoms with van der Waals surface area (Å²) in [5.74, 6) is -0.0193. The van der Waals surface area contributed by atoms with Crippen molar-refractivity contribution in [1.82, 2.24) is 9.80 Å². The van der Waals surface area contributed by atoms with E-state index in [2.05, 4.69) is 34.6 Å². The molecule has 0 aromatic heterocycles. The number of anilines is 1. The molecule has 3 rings (SSSR count). The van der Waals surface area contributed by atoms with Gasteiger partial charge in [0.1, 0.15) is 5.82 Å². The van der Waals surface area contributed by atoms with E-state index in [1.165, 1.54) is 31.2 Å². The zero-order valence-electron chi connectivity index (χ0n) is 16.1. The molecule has 1 aromatic carbocycles. The van der Waals surface area contributed by atoms with Crippen LogP contribution in [-0.4, -0.2) is 55.6 Å². The zero-order valence-corrected chi connectivity index (χ0v) is 16.1. The number of hydrogen-bond acceptors (Lipinski definition) is 3. The number of benzene rings is 1. The standard InChI is InChI=1S/C21H34FN3/c1-3-19-15-18(17-24-9-7-5-6-8-10-24)16-20(22)21(19)25-13-11-23(4-2)12-14-25/h15-16H,3-14,17H2,1-2H3. The van der Waals surface area contributed by atoms with Crippen molar-refractivity contribution >= 4 is 5.69 Å². The quantitative estimate of drug-likeness (QED) is 0.800. The number of likely N-dealkylation sites (N-methyl/N-ethyl adjacent to an activating group) is 1. The van der Waals surface area contributed by atoms with Crippen LogP contribution in [0.25, 0.3) is 0 Å². The van der Waals surface area contributed by atoms with Gasteiger partial charge in [-0.05, 0) is 56.1 Å². The van der Waals surface area contributed by atoms with Crippen molar-refractivity contribution in [2.45, 2.75) is 52.5 Å². The molecule has 0 unspecified atom stereocenters. The van der Waals surface area contributed by atoms with Crippen LogP contribution in [0.2, 0.25) is 0 Å². The largest absolute Gasteiger partial charge is 0.366 e. The van der Waals surface area contributed by atoms with E-state index in [1.54, 1.807) is 6.07 Å². The summed E-state index contributed by atoms with van der Waals surface area (Å²) >= 11 is 0. The van der Waals surface area contributed by atoms with Crippen molar-refractivity contribution in [3.05, 3.63) is 29.1 Å². The summed E-state index contributed by atoms with van der Waals surface area (Å²) in [7, 11) is 0. The van der Waals surface area contributed by atoms with Crippen molar-refractivity contribution in [3.63, 3.8) is 0 Å². The summed E-state index contributed by atoms with van der Waals surface area (Å²) < 4.78 is 15.0. The molecule has 25 heavy (non-hydrogen) atoms. The van der Waals surface area contributed by atoms with Gasteiger partial charge in [-0.2, -0.15) is 0 Å². The first-order chi connectivity index (χ1) is 12.2. The Morgan fingerprint density at radius 2 is 1.52 bits per heavy atom. The number of piperazine rings is 1. The molecule has 0 atom stereocenters. The van der Waals surface area contributed by atoms with Gasteiger partial charge in [-0.1, -0.05) is 32.8 Å². The van der Waals surface area contributed by atoms with Gasteiger partial charge in [0.05, 0.1) is 5.69 Å². The van der Waals surface area contributed by atoms with Gasteiger partial charge in [-0.25, -0.2) is 4.39 Å². The van der Waals surface area contributed by atoms with Gasteiger partial charge in [0, 0.05) is 32.7 Å². The first-order valence-electron chi connectivity index (χ1n) is 10.2. The van der Waals surface area contributed by atoms with Gasteiger partial charge >= 0.3 is 0 Å². The van der Waals surface area contributed by atoms with Crippen LogP contribution in [0.3, 0.4) is 0 Å². The smallest absolute Gasteiger partial charge is 0.147 e. The lowest BCUT2D eigenvalue weighted by atomic mass is 10.0. The van der Waals surface area contributed by atoms with E-state index >= 15 is 4.39 Å². The lowest BCUT2D eigenvalue weighted by Crippen LogP contribution is -2.46. The molecule has 1 aromatic rings. The minimum absolute atomic E-state index is 0.0193. The molecule has 3 nitrogen and oxygen atoms in total. The predicted octanol–water partition coefficient (Wildman–Crippen LogP) is 3.91. The van der Waals surface area contributed by atoms with Gasteiger partial charge in [-0.15, -0.1) is 0 Å². The maximum absolute atomic E-state index is 15.0. The minimum Gasteiger partial charge on any atom is -0.366 e. The molecular weight excluding hydrogens is 313 g/mol. The summed E-state index contributed by atoms with van der Waals surface area (Å²) in [6, 6.07) is 4.06. The molecule has 0 saturated carbocycles. The van der Waals surface area contributed by atoms with Crippen molar-refractivity contribution < 1.29 is 4.39 Å². The van der Waals surface area contributed by atoms with Crippen LogP contribution >= 0.6 is 0 Å². The molecule has 0 amide bonds. The molecule has 0 N–H and O–H groups in total. The molecule has 2 heterocycles. The summed E-state index contributed by atoms with van der Waals surface area (Å²) in [4.78, 5) is 7.20.